The van der Waals surface area contributed by atoms with Gasteiger partial charge in [0.05, 0.1) is 0 Å². The molecule has 33 heavy (non-hydrogen) atoms. The zero-order valence-corrected chi connectivity index (χ0v) is 23.6. The van der Waals surface area contributed by atoms with Gasteiger partial charge in [0.25, 0.3) is 0 Å². The second-order valence-electron chi connectivity index (χ2n) is 7.55. The quantitative estimate of drug-likeness (QED) is 0.160. The van der Waals surface area contributed by atoms with Crippen LogP contribution in [-0.2, 0) is 29.1 Å². The van der Waals surface area contributed by atoms with Crippen molar-refractivity contribution in [2.45, 2.75) is 18.7 Å². The van der Waals surface area contributed by atoms with Gasteiger partial charge in [-0.15, -0.1) is 0 Å². The molecule has 0 bridgehead atoms. The summed E-state index contributed by atoms with van der Waals surface area (Å²) in [6.45, 7) is 4.95. The van der Waals surface area contributed by atoms with E-state index in [1.165, 1.54) is 21.2 Å². The fourth-order valence-corrected chi connectivity index (χ4v) is 11.2. The molecule has 0 amide bonds. The van der Waals surface area contributed by atoms with Crippen LogP contribution >= 0.6 is 36.2 Å². The number of hydrogen-bond acceptors (Lipinski definition) is 0. The van der Waals surface area contributed by atoms with Crippen molar-refractivity contribution in [1.82, 2.24) is 0 Å². The van der Waals surface area contributed by atoms with Gasteiger partial charge in [0.2, 0.25) is 0 Å². The molecule has 4 rings (SSSR count). The predicted molar refractivity (Wildman–Crippen MR) is 144 cm³/mol. The summed E-state index contributed by atoms with van der Waals surface area (Å²) < 4.78 is 0. The van der Waals surface area contributed by atoms with E-state index < -0.39 is 15.8 Å². The first-order chi connectivity index (χ1) is 15.6. The molecule has 0 atom stereocenters. The molecule has 0 nitrogen and oxygen atoms in total. The molecular formula is C27H26Cl2Ni2P2. The molecule has 0 saturated heterocycles. The molecule has 178 valence electrons. The summed E-state index contributed by atoms with van der Waals surface area (Å²) in [5.74, 6) is 0. The molecule has 4 aromatic rings. The maximum absolute atomic E-state index is 4.70. The van der Waals surface area contributed by atoms with E-state index in [4.69, 9.17) is 20.4 Å². The predicted octanol–water partition coefficient (Wildman–Crippen LogP) is 7.36. The Balaban J connectivity index is 0.000000914. The van der Waals surface area contributed by atoms with Gasteiger partial charge in [-0.2, -0.15) is 0 Å². The molecule has 0 aliphatic rings. The van der Waals surface area contributed by atoms with Crippen molar-refractivity contribution >= 4 is 57.4 Å². The van der Waals surface area contributed by atoms with E-state index in [0.29, 0.717) is 12.7 Å². The van der Waals surface area contributed by atoms with Crippen LogP contribution in [0.2, 0.25) is 0 Å². The molecule has 0 aromatic heterocycles. The molecule has 0 spiro atoms. The Labute approximate surface area is 225 Å². The van der Waals surface area contributed by atoms with Crippen LogP contribution < -0.4 is 21.2 Å². The maximum Gasteiger partial charge on any atom is 0 e. The number of hydrogen-bond donors (Lipinski definition) is 0. The number of halogens is 2. The Bertz CT molecular complexity index is 886. The summed E-state index contributed by atoms with van der Waals surface area (Å²) >= 11 is 0.569. The van der Waals surface area contributed by atoms with Crippen LogP contribution in [-0.4, -0.2) is 4.90 Å². The minimum atomic E-state index is -0.552. The Hall–Kier alpha value is -0.693. The Morgan fingerprint density at radius 2 is 0.667 bits per heavy atom. The van der Waals surface area contributed by atoms with Gasteiger partial charge in [-0.3, -0.25) is 0 Å². The molecule has 0 aliphatic carbocycles. The van der Waals surface area contributed by atoms with Crippen LogP contribution in [0.4, 0.5) is 0 Å². The van der Waals surface area contributed by atoms with E-state index in [9.17, 15) is 0 Å². The Kier molecular flexibility index (Phi) is 12.7. The van der Waals surface area contributed by atoms with Crippen LogP contribution in [0.1, 0.15) is 13.8 Å². The summed E-state index contributed by atoms with van der Waals surface area (Å²) in [6.07, 6.45) is 0. The van der Waals surface area contributed by atoms with E-state index >= 15 is 0 Å². The van der Waals surface area contributed by atoms with Crippen molar-refractivity contribution in [3.05, 3.63) is 121 Å². The van der Waals surface area contributed by atoms with E-state index in [1.54, 1.807) is 0 Å². The van der Waals surface area contributed by atoms with Gasteiger partial charge in [0.1, 0.15) is 0 Å². The van der Waals surface area contributed by atoms with Crippen molar-refractivity contribution in [2.75, 3.05) is 0 Å². The topological polar surface area (TPSA) is 0 Å². The molecular weight excluding hydrogens is 575 g/mol. The SMILES string of the molecule is CC(C)(P(c1ccccc1)c1ccccc1)P(c1ccccc1)c1ccccc1.[Cl][Ni][Cl].[Ni]. The van der Waals surface area contributed by atoms with Crippen molar-refractivity contribution in [1.29, 1.82) is 0 Å². The fourth-order valence-electron chi connectivity index (χ4n) is 3.97. The van der Waals surface area contributed by atoms with E-state index in [0.717, 1.165) is 0 Å². The Morgan fingerprint density at radius 3 is 0.848 bits per heavy atom. The summed E-state index contributed by atoms with van der Waals surface area (Å²) in [5.41, 5.74) is 0. The summed E-state index contributed by atoms with van der Waals surface area (Å²) in [7, 11) is 8.30. The third-order valence-electron chi connectivity index (χ3n) is 5.15. The molecule has 4 aromatic carbocycles. The second kappa shape index (κ2) is 14.6. The molecule has 0 aliphatic heterocycles. The monoisotopic (exact) mass is 598 g/mol. The van der Waals surface area contributed by atoms with Crippen LogP contribution in [0.15, 0.2) is 121 Å². The zero-order chi connectivity index (χ0) is 22.8. The number of rotatable bonds is 6. The minimum absolute atomic E-state index is 0. The van der Waals surface area contributed by atoms with Gasteiger partial charge in [-0.25, -0.2) is 0 Å². The van der Waals surface area contributed by atoms with Gasteiger partial charge >= 0.3 is 33.0 Å². The smallest absolute Gasteiger partial charge is 0 e. The van der Waals surface area contributed by atoms with Gasteiger partial charge < -0.3 is 0 Å². The molecule has 0 radical (unpaired) electrons. The fraction of sp³-hybridized carbons (Fsp3) is 0.111. The third kappa shape index (κ3) is 7.64. The van der Waals surface area contributed by atoms with Crippen molar-refractivity contribution in [3.63, 3.8) is 0 Å². The van der Waals surface area contributed by atoms with Gasteiger partial charge in [0.15, 0.2) is 0 Å². The summed E-state index contributed by atoms with van der Waals surface area (Å²) in [5, 5.41) is 5.77. The van der Waals surface area contributed by atoms with Crippen molar-refractivity contribution in [3.8, 4) is 0 Å². The van der Waals surface area contributed by atoms with Crippen molar-refractivity contribution < 1.29 is 29.1 Å². The maximum atomic E-state index is 4.70. The first kappa shape index (κ1) is 28.5. The zero-order valence-electron chi connectivity index (χ0n) is 18.3. The third-order valence-corrected chi connectivity index (χ3v) is 11.8. The molecule has 6 heteroatoms. The minimum Gasteiger partial charge on any atom is 0 e. The Morgan fingerprint density at radius 1 is 0.485 bits per heavy atom. The van der Waals surface area contributed by atoms with E-state index in [-0.39, 0.29) is 21.4 Å². The van der Waals surface area contributed by atoms with Crippen molar-refractivity contribution in [2.24, 2.45) is 0 Å². The van der Waals surface area contributed by atoms with Crippen LogP contribution in [0, 0.1) is 0 Å². The molecule has 0 fully saturated rings. The first-order valence-corrected chi connectivity index (χ1v) is 15.6. The largest absolute Gasteiger partial charge is 0 e. The second-order valence-corrected chi connectivity index (χ2v) is 15.2. The van der Waals surface area contributed by atoms with E-state index in [2.05, 4.69) is 135 Å². The number of benzene rings is 4. The molecule has 0 heterocycles. The summed E-state index contributed by atoms with van der Waals surface area (Å²) in [4.78, 5) is 0.0794. The van der Waals surface area contributed by atoms with Gasteiger partial charge in [-0.1, -0.05) is 135 Å². The normalized spacial score (nSPS) is 11.0. The molecule has 0 saturated carbocycles. The average Bonchev–Trinajstić information content (AvgIpc) is 2.82. The standard InChI is InChI=1S/C27H26P2.2ClH.2Ni/c1-27(2,28(23-15-7-3-8-16-23)24-17-9-4-10-18-24)29(25-19-11-5-12-20-25)26-21-13-6-14-22-26;;;;/h3-22H,1-2H3;2*1H;;/q;;;;+2/p-2. The van der Waals surface area contributed by atoms with Gasteiger partial charge in [-0.05, 0) is 37.1 Å². The average molecular weight is 601 g/mol. The van der Waals surface area contributed by atoms with Gasteiger partial charge in [0, 0.05) is 21.4 Å². The molecule has 0 N–H and O–H groups in total. The molecule has 0 unspecified atom stereocenters. The van der Waals surface area contributed by atoms with Crippen LogP contribution in [0.25, 0.3) is 0 Å². The summed E-state index contributed by atoms with van der Waals surface area (Å²) in [6, 6.07) is 44.4. The van der Waals surface area contributed by atoms with Crippen LogP contribution in [0.5, 0.6) is 0 Å². The van der Waals surface area contributed by atoms with Crippen LogP contribution in [0.3, 0.4) is 0 Å². The van der Waals surface area contributed by atoms with E-state index in [1.807, 2.05) is 0 Å². The first-order valence-electron chi connectivity index (χ1n) is 10.2.